The molecule has 0 aliphatic carbocycles. The SMILES string of the molecule is CC/C=C/C=C/C=C\CCCCCCCC(=O)OC(/C=C/CCCCCCCCCCCCC)C(COP(=O)([O-])OCC[N+](C)(C)C)NC(=O)CCCCCCCCCCCCCCCC. The molecule has 66 heavy (non-hydrogen) atoms. The number of carbonyl (C=O) groups is 2. The maximum atomic E-state index is 13.4. The maximum Gasteiger partial charge on any atom is 0.306 e. The molecule has 1 amide bonds. The molecule has 3 unspecified atom stereocenters. The molecule has 0 heterocycles. The van der Waals surface area contributed by atoms with Crippen molar-refractivity contribution in [2.45, 2.75) is 258 Å². The van der Waals surface area contributed by atoms with E-state index in [9.17, 15) is 19.0 Å². The molecule has 0 radical (unpaired) electrons. The minimum atomic E-state index is -4.69. The molecule has 3 atom stereocenters. The molecule has 0 saturated carbocycles. The maximum absolute atomic E-state index is 13.4. The molecule has 386 valence electrons. The van der Waals surface area contributed by atoms with Crippen LogP contribution >= 0.6 is 7.82 Å². The molecule has 0 aromatic carbocycles. The molecule has 0 aromatic heterocycles. The summed E-state index contributed by atoms with van der Waals surface area (Å²) in [5, 5.41) is 3.01. The molecule has 0 saturated heterocycles. The van der Waals surface area contributed by atoms with E-state index in [1.807, 2.05) is 33.3 Å². The van der Waals surface area contributed by atoms with E-state index in [0.29, 0.717) is 23.9 Å². The first-order chi connectivity index (χ1) is 31.9. The predicted octanol–water partition coefficient (Wildman–Crippen LogP) is 15.5. The summed E-state index contributed by atoms with van der Waals surface area (Å²) in [6.45, 7) is 6.70. The number of phosphoric acid groups is 1. The number of nitrogens with one attached hydrogen (secondary N) is 1. The molecular weight excluding hydrogens is 844 g/mol. The monoisotopic (exact) mass is 949 g/mol. The smallest absolute Gasteiger partial charge is 0.306 e. The first kappa shape index (κ1) is 64.0. The third kappa shape index (κ3) is 47.1. The van der Waals surface area contributed by atoms with Crippen LogP contribution in [0.3, 0.4) is 0 Å². The van der Waals surface area contributed by atoms with Crippen LogP contribution in [0.1, 0.15) is 245 Å². The Hall–Kier alpha value is -2.03. The van der Waals surface area contributed by atoms with Gasteiger partial charge in [0.1, 0.15) is 19.3 Å². The number of hydrogen-bond acceptors (Lipinski definition) is 7. The van der Waals surface area contributed by atoms with Crippen molar-refractivity contribution < 1.29 is 37.3 Å². The number of unbranched alkanes of at least 4 members (excludes halogenated alkanes) is 29. The molecule has 10 heteroatoms. The van der Waals surface area contributed by atoms with Crippen molar-refractivity contribution >= 4 is 19.7 Å². The molecule has 1 N–H and O–H groups in total. The van der Waals surface area contributed by atoms with E-state index in [0.717, 1.165) is 77.0 Å². The van der Waals surface area contributed by atoms with Gasteiger partial charge in [-0.1, -0.05) is 230 Å². The summed E-state index contributed by atoms with van der Waals surface area (Å²) in [7, 11) is 1.17. The number of nitrogens with zero attached hydrogens (tertiary/aromatic N) is 1. The molecule has 0 aromatic rings. The summed E-state index contributed by atoms with van der Waals surface area (Å²) in [4.78, 5) is 39.7. The number of ether oxygens (including phenoxy) is 1. The molecule has 0 bridgehead atoms. The zero-order chi connectivity index (χ0) is 48.7. The van der Waals surface area contributed by atoms with Crippen molar-refractivity contribution in [1.82, 2.24) is 5.32 Å². The lowest BCUT2D eigenvalue weighted by Crippen LogP contribution is -2.47. The molecular formula is C56H105N2O7P. The molecule has 0 aliphatic heterocycles. The van der Waals surface area contributed by atoms with E-state index in [4.69, 9.17) is 13.8 Å². The number of quaternary nitrogens is 1. The van der Waals surface area contributed by atoms with Gasteiger partial charge in [0.25, 0.3) is 7.82 Å². The van der Waals surface area contributed by atoms with Gasteiger partial charge in [0.2, 0.25) is 5.91 Å². The number of rotatable bonds is 49. The second-order valence-corrected chi connectivity index (χ2v) is 21.2. The Balaban J connectivity index is 5.43. The van der Waals surface area contributed by atoms with Crippen molar-refractivity contribution in [1.29, 1.82) is 0 Å². The number of amides is 1. The van der Waals surface area contributed by atoms with Crippen LogP contribution in [0, 0.1) is 0 Å². The summed E-state index contributed by atoms with van der Waals surface area (Å²) in [5.41, 5.74) is 0. The van der Waals surface area contributed by atoms with Crippen LogP contribution in [0.4, 0.5) is 0 Å². The topological polar surface area (TPSA) is 114 Å². The quantitative estimate of drug-likeness (QED) is 0.0161. The average molecular weight is 949 g/mol. The van der Waals surface area contributed by atoms with E-state index in [1.54, 1.807) is 0 Å². The van der Waals surface area contributed by atoms with Crippen molar-refractivity contribution in [2.75, 3.05) is 40.9 Å². The number of hydrogen-bond donors (Lipinski definition) is 1. The fraction of sp³-hybridized carbons (Fsp3) is 0.821. The highest BCUT2D eigenvalue weighted by molar-refractivity contribution is 7.45. The fourth-order valence-corrected chi connectivity index (χ4v) is 8.54. The van der Waals surface area contributed by atoms with E-state index < -0.39 is 26.6 Å². The second kappa shape index (κ2) is 46.7. The van der Waals surface area contributed by atoms with Crippen molar-refractivity contribution in [2.24, 2.45) is 0 Å². The fourth-order valence-electron chi connectivity index (χ4n) is 7.82. The Morgan fingerprint density at radius 2 is 0.970 bits per heavy atom. The summed E-state index contributed by atoms with van der Waals surface area (Å²) < 4.78 is 30.2. The number of carbonyl (C=O) groups excluding carboxylic acids is 2. The Bertz CT molecular complexity index is 1280. The van der Waals surface area contributed by atoms with Crippen LogP contribution in [-0.2, 0) is 27.9 Å². The van der Waals surface area contributed by atoms with Gasteiger partial charge in [-0.2, -0.15) is 0 Å². The first-order valence-electron chi connectivity index (χ1n) is 27.5. The highest BCUT2D eigenvalue weighted by Crippen LogP contribution is 2.38. The first-order valence-corrected chi connectivity index (χ1v) is 28.9. The highest BCUT2D eigenvalue weighted by Gasteiger charge is 2.27. The molecule has 0 spiro atoms. The number of phosphoric ester groups is 1. The van der Waals surface area contributed by atoms with Gasteiger partial charge in [0.15, 0.2) is 0 Å². The van der Waals surface area contributed by atoms with Crippen LogP contribution < -0.4 is 10.2 Å². The Morgan fingerprint density at radius 3 is 1.44 bits per heavy atom. The van der Waals surface area contributed by atoms with E-state index in [1.165, 1.54) is 128 Å². The summed E-state index contributed by atoms with van der Waals surface area (Å²) >= 11 is 0. The lowest BCUT2D eigenvalue weighted by molar-refractivity contribution is -0.870. The lowest BCUT2D eigenvalue weighted by Gasteiger charge is -2.30. The van der Waals surface area contributed by atoms with Crippen LogP contribution in [-0.4, -0.2) is 69.4 Å². The van der Waals surface area contributed by atoms with Gasteiger partial charge in [-0.05, 0) is 51.0 Å². The summed E-state index contributed by atoms with van der Waals surface area (Å²) in [6, 6.07) is -0.892. The second-order valence-electron chi connectivity index (χ2n) is 19.8. The van der Waals surface area contributed by atoms with Crippen molar-refractivity contribution in [3.05, 3.63) is 48.6 Å². The Morgan fingerprint density at radius 1 is 0.545 bits per heavy atom. The predicted molar refractivity (Wildman–Crippen MR) is 279 cm³/mol. The van der Waals surface area contributed by atoms with E-state index in [-0.39, 0.29) is 24.9 Å². The normalized spacial score (nSPS) is 14.2. The Kier molecular flexibility index (Phi) is 45.3. The summed E-state index contributed by atoms with van der Waals surface area (Å²) in [5.74, 6) is -0.560. The van der Waals surface area contributed by atoms with Crippen molar-refractivity contribution in [3.63, 3.8) is 0 Å². The van der Waals surface area contributed by atoms with Crippen LogP contribution in [0.5, 0.6) is 0 Å². The third-order valence-corrected chi connectivity index (χ3v) is 13.0. The third-order valence-electron chi connectivity index (χ3n) is 12.1. The van der Waals surface area contributed by atoms with Crippen LogP contribution in [0.2, 0.25) is 0 Å². The molecule has 9 nitrogen and oxygen atoms in total. The highest BCUT2D eigenvalue weighted by atomic mass is 31.2. The van der Waals surface area contributed by atoms with Crippen molar-refractivity contribution in [3.8, 4) is 0 Å². The largest absolute Gasteiger partial charge is 0.756 e. The van der Waals surface area contributed by atoms with E-state index >= 15 is 0 Å². The molecule has 0 rings (SSSR count). The minimum Gasteiger partial charge on any atom is -0.756 e. The molecule has 0 fully saturated rings. The van der Waals surface area contributed by atoms with Gasteiger partial charge < -0.3 is 28.5 Å². The Labute approximate surface area is 408 Å². The number of allylic oxidation sites excluding steroid dienone is 7. The minimum absolute atomic E-state index is 0.0251. The lowest BCUT2D eigenvalue weighted by atomic mass is 10.0. The zero-order valence-corrected chi connectivity index (χ0v) is 44.8. The van der Waals surface area contributed by atoms with Gasteiger partial charge in [-0.15, -0.1) is 0 Å². The van der Waals surface area contributed by atoms with Gasteiger partial charge in [-0.3, -0.25) is 14.2 Å². The van der Waals surface area contributed by atoms with Gasteiger partial charge in [-0.25, -0.2) is 0 Å². The van der Waals surface area contributed by atoms with Gasteiger partial charge >= 0.3 is 5.97 Å². The van der Waals surface area contributed by atoms with E-state index in [2.05, 4.69) is 62.5 Å². The summed E-state index contributed by atoms with van der Waals surface area (Å²) in [6.07, 6.45) is 55.0. The standard InChI is InChI=1S/C56H105N2O7P/c1-7-10-13-16-19-22-25-28-31-33-36-39-42-45-48-55(59)57-53(52-64-66(61,62)63-51-50-58(4,5)6)54(47-44-41-38-35-32-29-26-23-20-17-14-11-8-2)65-56(60)49-46-43-40-37-34-30-27-24-21-18-15-12-9-3/h12,15,18,21,24,27,44,47,53-54H,7-11,13-14,16-17,19-20,22-23,25-26,28-43,45-46,48-52H2,1-6H3,(H-,57,59,61,62)/b15-12+,21-18+,27-24-,47-44+. The average Bonchev–Trinajstić information content (AvgIpc) is 3.27. The van der Waals surface area contributed by atoms with Gasteiger partial charge in [0, 0.05) is 12.8 Å². The van der Waals surface area contributed by atoms with Crippen LogP contribution in [0.25, 0.3) is 0 Å². The van der Waals surface area contributed by atoms with Crippen LogP contribution in [0.15, 0.2) is 48.6 Å². The number of likely N-dealkylation sites (N-methyl/N-ethyl adjacent to an activating group) is 1. The van der Waals surface area contributed by atoms with Gasteiger partial charge in [0.05, 0.1) is 33.8 Å². The zero-order valence-electron chi connectivity index (χ0n) is 43.9. The molecule has 0 aliphatic rings. The number of esters is 1.